The standard InChI is InChI=1S/C41H42N8O4S/c1-26-9-11-29(21-42-26)34-35(54-37(45-34)30-12-10-27(2)43-22-30)40(52)48-18-14-31(33(23-48)28-7-5-4-6-8-28)38(50)47-19-15-41(53,16-20-47)24-49-25-44-36-32(39(49)51)13-17-46(36)3/h4-13,17,21-22,25,31,33,53H,14-16,18-20,23-24H2,1-3H3/t31-,33+/m1/s1. The van der Waals surface area contributed by atoms with E-state index in [0.717, 1.165) is 28.1 Å². The number of rotatable bonds is 7. The van der Waals surface area contributed by atoms with Gasteiger partial charge in [0.2, 0.25) is 5.91 Å². The number of likely N-dealkylation sites (tertiary alicyclic amines) is 2. The molecule has 0 spiro atoms. The number of aryl methyl sites for hydroxylation is 3. The number of amides is 2. The molecule has 0 radical (unpaired) electrons. The lowest BCUT2D eigenvalue weighted by Crippen LogP contribution is -2.53. The van der Waals surface area contributed by atoms with Crippen molar-refractivity contribution in [3.63, 3.8) is 0 Å². The van der Waals surface area contributed by atoms with Crippen LogP contribution < -0.4 is 5.56 Å². The lowest BCUT2D eigenvalue weighted by molar-refractivity contribution is -0.142. The van der Waals surface area contributed by atoms with Crippen LogP contribution in [0.4, 0.5) is 0 Å². The molecule has 2 saturated heterocycles. The molecule has 54 heavy (non-hydrogen) atoms. The minimum Gasteiger partial charge on any atom is -0.388 e. The van der Waals surface area contributed by atoms with Crippen molar-refractivity contribution in [1.82, 2.24) is 38.9 Å². The SMILES string of the molecule is Cc1ccc(-c2nc(-c3ccc(C)nc3)c(C(=O)N3CC[C@@H](C(=O)N4CCC(O)(Cn5cnc6c(ccn6C)c5=O)CC4)[C@H](c4ccccc4)C3)s2)cn1. The number of benzene rings is 1. The van der Waals surface area contributed by atoms with E-state index < -0.39 is 5.60 Å². The predicted molar refractivity (Wildman–Crippen MR) is 207 cm³/mol. The number of hydrogen-bond acceptors (Lipinski definition) is 9. The molecule has 2 amide bonds. The number of hydrogen-bond donors (Lipinski definition) is 1. The van der Waals surface area contributed by atoms with Crippen LogP contribution in [0.15, 0.2) is 90.4 Å². The summed E-state index contributed by atoms with van der Waals surface area (Å²) in [4.78, 5) is 64.6. The van der Waals surface area contributed by atoms with Gasteiger partial charge in [0.1, 0.15) is 21.9 Å². The Labute approximate surface area is 316 Å². The molecule has 1 aromatic carbocycles. The average Bonchev–Trinajstić information content (AvgIpc) is 3.81. The summed E-state index contributed by atoms with van der Waals surface area (Å²) in [7, 11) is 1.84. The van der Waals surface area contributed by atoms with E-state index >= 15 is 0 Å². The fourth-order valence-corrected chi connectivity index (χ4v) is 8.79. The molecule has 5 aromatic heterocycles. The van der Waals surface area contributed by atoms with E-state index in [1.807, 2.05) is 85.3 Å². The van der Waals surface area contributed by atoms with Crippen molar-refractivity contribution in [3.05, 3.63) is 118 Å². The van der Waals surface area contributed by atoms with Crippen LogP contribution >= 0.6 is 11.3 Å². The van der Waals surface area contributed by atoms with Gasteiger partial charge in [0.05, 0.1) is 23.2 Å². The molecule has 0 unspecified atom stereocenters. The molecule has 2 aliphatic heterocycles. The van der Waals surface area contributed by atoms with Crippen LogP contribution in [0.2, 0.25) is 0 Å². The van der Waals surface area contributed by atoms with Crippen molar-refractivity contribution in [1.29, 1.82) is 0 Å². The Morgan fingerprint density at radius 2 is 1.59 bits per heavy atom. The van der Waals surface area contributed by atoms with E-state index in [4.69, 9.17) is 4.98 Å². The number of fused-ring (bicyclic) bond motifs is 1. The summed E-state index contributed by atoms with van der Waals surface area (Å²) in [5.74, 6) is -0.660. The van der Waals surface area contributed by atoms with Crippen LogP contribution in [0.5, 0.6) is 0 Å². The third kappa shape index (κ3) is 6.85. The largest absolute Gasteiger partial charge is 0.388 e. The Morgan fingerprint density at radius 3 is 2.28 bits per heavy atom. The number of pyridine rings is 2. The lowest BCUT2D eigenvalue weighted by atomic mass is 9.79. The third-order valence-electron chi connectivity index (χ3n) is 10.9. The van der Waals surface area contributed by atoms with Gasteiger partial charge in [-0.15, -0.1) is 11.3 Å². The van der Waals surface area contributed by atoms with Gasteiger partial charge >= 0.3 is 0 Å². The molecule has 7 heterocycles. The van der Waals surface area contributed by atoms with Gasteiger partial charge < -0.3 is 19.5 Å². The van der Waals surface area contributed by atoms with Crippen molar-refractivity contribution in [2.75, 3.05) is 26.2 Å². The van der Waals surface area contributed by atoms with Crippen molar-refractivity contribution in [3.8, 4) is 21.8 Å². The quantitative estimate of drug-likeness (QED) is 0.235. The summed E-state index contributed by atoms with van der Waals surface area (Å²) in [6.07, 6.45) is 8.01. The molecule has 0 bridgehead atoms. The number of piperidine rings is 2. The summed E-state index contributed by atoms with van der Waals surface area (Å²) in [5.41, 5.74) is 4.23. The number of nitrogens with zero attached hydrogens (tertiary/aromatic N) is 8. The van der Waals surface area contributed by atoms with Crippen molar-refractivity contribution in [2.45, 2.75) is 51.2 Å². The zero-order valence-corrected chi connectivity index (χ0v) is 31.4. The number of aromatic nitrogens is 6. The van der Waals surface area contributed by atoms with Crippen molar-refractivity contribution >= 4 is 34.2 Å². The van der Waals surface area contributed by atoms with Gasteiger partial charge in [0.15, 0.2) is 0 Å². The van der Waals surface area contributed by atoms with Crippen molar-refractivity contribution in [2.24, 2.45) is 13.0 Å². The third-order valence-corrected chi connectivity index (χ3v) is 12.0. The first-order valence-corrected chi connectivity index (χ1v) is 19.1. The molecule has 276 valence electrons. The Hall–Kier alpha value is -5.53. The molecular weight excluding hydrogens is 701 g/mol. The van der Waals surface area contributed by atoms with E-state index in [1.54, 1.807) is 29.2 Å². The predicted octanol–water partition coefficient (Wildman–Crippen LogP) is 5.23. The Kier molecular flexibility index (Phi) is 9.44. The number of carbonyl (C=O) groups is 2. The highest BCUT2D eigenvalue weighted by Gasteiger charge is 2.42. The molecule has 2 fully saturated rings. The van der Waals surface area contributed by atoms with Crippen LogP contribution in [-0.4, -0.2) is 87.6 Å². The summed E-state index contributed by atoms with van der Waals surface area (Å²) >= 11 is 1.35. The normalized spacial score (nSPS) is 18.6. The Morgan fingerprint density at radius 1 is 0.889 bits per heavy atom. The van der Waals surface area contributed by atoms with E-state index in [0.29, 0.717) is 72.1 Å². The fraction of sp³-hybridized carbons (Fsp3) is 0.341. The second-order valence-corrected chi connectivity index (χ2v) is 15.6. The molecule has 8 rings (SSSR count). The number of thiazole rings is 1. The highest BCUT2D eigenvalue weighted by atomic mass is 32.1. The van der Waals surface area contributed by atoms with Gasteiger partial charge in [-0.25, -0.2) is 9.97 Å². The van der Waals surface area contributed by atoms with Crippen molar-refractivity contribution < 1.29 is 14.7 Å². The van der Waals surface area contributed by atoms with E-state index in [9.17, 15) is 19.5 Å². The van der Waals surface area contributed by atoms with Gasteiger partial charge in [0.25, 0.3) is 11.5 Å². The zero-order chi connectivity index (χ0) is 37.6. The second kappa shape index (κ2) is 14.4. The second-order valence-electron chi connectivity index (χ2n) is 14.6. The monoisotopic (exact) mass is 742 g/mol. The Balaban J connectivity index is 1.01. The first kappa shape index (κ1) is 35.5. The van der Waals surface area contributed by atoms with Gasteiger partial charge in [0, 0.05) is 86.2 Å². The van der Waals surface area contributed by atoms with E-state index in [-0.39, 0.29) is 35.8 Å². The number of aliphatic hydroxyl groups is 1. The Bertz CT molecular complexity index is 2380. The smallest absolute Gasteiger partial charge is 0.266 e. The molecule has 0 aliphatic carbocycles. The average molecular weight is 743 g/mol. The molecule has 12 nitrogen and oxygen atoms in total. The number of carbonyl (C=O) groups excluding carboxylic acids is 2. The summed E-state index contributed by atoms with van der Waals surface area (Å²) in [5, 5.41) is 12.8. The first-order valence-electron chi connectivity index (χ1n) is 18.3. The zero-order valence-electron chi connectivity index (χ0n) is 30.6. The van der Waals surface area contributed by atoms with Crippen LogP contribution in [-0.2, 0) is 18.4 Å². The summed E-state index contributed by atoms with van der Waals surface area (Å²) in [6.45, 7) is 5.50. The molecule has 13 heteroatoms. The maximum Gasteiger partial charge on any atom is 0.266 e. The van der Waals surface area contributed by atoms with Gasteiger partial charge in [-0.1, -0.05) is 30.3 Å². The molecular formula is C41H42N8O4S. The van der Waals surface area contributed by atoms with Gasteiger partial charge in [-0.3, -0.25) is 28.9 Å². The lowest BCUT2D eigenvalue weighted by Gasteiger charge is -2.43. The molecule has 1 N–H and O–H groups in total. The van der Waals surface area contributed by atoms with Crippen LogP contribution in [0.25, 0.3) is 32.9 Å². The van der Waals surface area contributed by atoms with Crippen LogP contribution in [0.1, 0.15) is 51.8 Å². The maximum absolute atomic E-state index is 14.5. The van der Waals surface area contributed by atoms with Crippen LogP contribution in [0.3, 0.4) is 0 Å². The first-order chi connectivity index (χ1) is 26.1. The maximum atomic E-state index is 14.5. The summed E-state index contributed by atoms with van der Waals surface area (Å²) in [6, 6.07) is 19.5. The molecule has 2 aliphatic rings. The summed E-state index contributed by atoms with van der Waals surface area (Å²) < 4.78 is 3.27. The van der Waals surface area contributed by atoms with E-state index in [1.165, 1.54) is 22.2 Å². The van der Waals surface area contributed by atoms with Gasteiger partial charge in [-0.2, -0.15) is 0 Å². The molecule has 6 aromatic rings. The minimum absolute atomic E-state index is 0.0286. The highest BCUT2D eigenvalue weighted by Crippen LogP contribution is 2.39. The minimum atomic E-state index is -1.15. The topological polar surface area (TPSA) is 139 Å². The fourth-order valence-electron chi connectivity index (χ4n) is 7.75. The molecule has 2 atom stereocenters. The van der Waals surface area contributed by atoms with Crippen LogP contribution in [0, 0.1) is 19.8 Å². The van der Waals surface area contributed by atoms with Gasteiger partial charge in [-0.05, 0) is 69.0 Å². The molecule has 0 saturated carbocycles. The highest BCUT2D eigenvalue weighted by molar-refractivity contribution is 7.17. The van der Waals surface area contributed by atoms with E-state index in [2.05, 4.69) is 15.0 Å².